The standard InChI is InChI=1S/C27H34N2O4/c1-17(2)16-33-22-12-10-21(11-13-22)24-25(28-23-9-7-8-19(5)20(23)6)27(31)29(26(24)30)14-15-32-18(3)4/h7-13,17-18,28H,14-16H2,1-6H3. The van der Waals surface area contributed by atoms with Crippen LogP contribution in [0.25, 0.3) is 5.57 Å². The van der Waals surface area contributed by atoms with Gasteiger partial charge in [-0.05, 0) is 68.5 Å². The maximum atomic E-state index is 13.4. The molecule has 33 heavy (non-hydrogen) atoms. The summed E-state index contributed by atoms with van der Waals surface area (Å²) in [6.45, 7) is 13.1. The van der Waals surface area contributed by atoms with Crippen LogP contribution < -0.4 is 10.1 Å². The van der Waals surface area contributed by atoms with E-state index in [1.807, 2.05) is 70.2 Å². The molecular formula is C27H34N2O4. The van der Waals surface area contributed by atoms with Gasteiger partial charge in [0.1, 0.15) is 11.4 Å². The molecule has 6 nitrogen and oxygen atoms in total. The Morgan fingerprint density at radius 1 is 0.939 bits per heavy atom. The van der Waals surface area contributed by atoms with Gasteiger partial charge in [0.25, 0.3) is 11.8 Å². The minimum absolute atomic E-state index is 0.0242. The number of aryl methyl sites for hydroxylation is 1. The lowest BCUT2D eigenvalue weighted by molar-refractivity contribution is -0.137. The third-order valence-electron chi connectivity index (χ3n) is 5.52. The van der Waals surface area contributed by atoms with Gasteiger partial charge in [0, 0.05) is 5.69 Å². The van der Waals surface area contributed by atoms with Gasteiger partial charge in [0.15, 0.2) is 0 Å². The predicted octanol–water partition coefficient (Wildman–Crippen LogP) is 4.96. The molecule has 0 saturated heterocycles. The first-order chi connectivity index (χ1) is 15.7. The molecule has 0 fully saturated rings. The molecule has 3 rings (SSSR count). The van der Waals surface area contributed by atoms with Gasteiger partial charge in [-0.2, -0.15) is 0 Å². The van der Waals surface area contributed by atoms with Gasteiger partial charge in [0.2, 0.25) is 0 Å². The van der Waals surface area contributed by atoms with Crippen molar-refractivity contribution in [2.24, 2.45) is 5.92 Å². The molecule has 176 valence electrons. The summed E-state index contributed by atoms with van der Waals surface area (Å²) >= 11 is 0. The summed E-state index contributed by atoms with van der Waals surface area (Å²) in [6, 6.07) is 13.2. The number of carbonyl (C=O) groups excluding carboxylic acids is 2. The monoisotopic (exact) mass is 450 g/mol. The zero-order valence-corrected chi connectivity index (χ0v) is 20.4. The summed E-state index contributed by atoms with van der Waals surface area (Å²) in [4.78, 5) is 27.9. The van der Waals surface area contributed by atoms with Gasteiger partial charge in [-0.3, -0.25) is 14.5 Å². The predicted molar refractivity (Wildman–Crippen MR) is 131 cm³/mol. The number of hydrogen-bond donors (Lipinski definition) is 1. The molecule has 0 atom stereocenters. The molecular weight excluding hydrogens is 416 g/mol. The van der Waals surface area contributed by atoms with Gasteiger partial charge < -0.3 is 14.8 Å². The quantitative estimate of drug-likeness (QED) is 0.519. The molecule has 6 heteroatoms. The van der Waals surface area contributed by atoms with Crippen LogP contribution in [-0.4, -0.2) is 42.6 Å². The Balaban J connectivity index is 1.95. The van der Waals surface area contributed by atoms with Crippen molar-refractivity contribution in [3.63, 3.8) is 0 Å². The average molecular weight is 451 g/mol. The Kier molecular flexibility index (Phi) is 7.92. The van der Waals surface area contributed by atoms with Crippen LogP contribution in [0.1, 0.15) is 44.4 Å². The number of benzene rings is 2. The Hall–Kier alpha value is -3.12. The minimum Gasteiger partial charge on any atom is -0.493 e. The highest BCUT2D eigenvalue weighted by Crippen LogP contribution is 2.32. The summed E-state index contributed by atoms with van der Waals surface area (Å²) < 4.78 is 11.4. The van der Waals surface area contributed by atoms with E-state index in [1.165, 1.54) is 4.90 Å². The summed E-state index contributed by atoms with van der Waals surface area (Å²) in [5.41, 5.74) is 4.26. The lowest BCUT2D eigenvalue weighted by Crippen LogP contribution is -2.35. The van der Waals surface area contributed by atoms with Gasteiger partial charge in [-0.1, -0.05) is 38.1 Å². The molecule has 0 saturated carbocycles. The fraction of sp³-hybridized carbons (Fsp3) is 0.407. The van der Waals surface area contributed by atoms with Crippen molar-refractivity contribution < 1.29 is 19.1 Å². The van der Waals surface area contributed by atoms with Crippen molar-refractivity contribution in [3.05, 3.63) is 64.9 Å². The second kappa shape index (κ2) is 10.7. The number of ether oxygens (including phenoxy) is 2. The molecule has 0 radical (unpaired) electrons. The molecule has 0 unspecified atom stereocenters. The molecule has 0 spiro atoms. The van der Waals surface area contributed by atoms with E-state index in [9.17, 15) is 9.59 Å². The first-order valence-electron chi connectivity index (χ1n) is 11.5. The van der Waals surface area contributed by atoms with E-state index < -0.39 is 0 Å². The Bertz CT molecular complexity index is 1040. The number of carbonyl (C=O) groups is 2. The highest BCUT2D eigenvalue weighted by Gasteiger charge is 2.39. The normalized spacial score (nSPS) is 14.1. The molecule has 1 N–H and O–H groups in total. The molecule has 0 aliphatic carbocycles. The number of imide groups is 1. The Labute approximate surface area is 196 Å². The second-order valence-electron chi connectivity index (χ2n) is 9.03. The molecule has 1 heterocycles. The van der Waals surface area contributed by atoms with Crippen LogP contribution >= 0.6 is 0 Å². The highest BCUT2D eigenvalue weighted by atomic mass is 16.5. The van der Waals surface area contributed by atoms with E-state index >= 15 is 0 Å². The number of hydrogen-bond acceptors (Lipinski definition) is 5. The molecule has 2 aromatic carbocycles. The smallest absolute Gasteiger partial charge is 0.278 e. The largest absolute Gasteiger partial charge is 0.493 e. The molecule has 0 aromatic heterocycles. The average Bonchev–Trinajstić information content (AvgIpc) is 3.00. The summed E-state index contributed by atoms with van der Waals surface area (Å²) in [5.74, 6) is 0.479. The van der Waals surface area contributed by atoms with Crippen molar-refractivity contribution >= 4 is 23.1 Å². The van der Waals surface area contributed by atoms with Crippen LogP contribution in [0.15, 0.2) is 48.2 Å². The summed E-state index contributed by atoms with van der Waals surface area (Å²) in [5, 5.41) is 3.26. The number of anilines is 1. The first kappa shape index (κ1) is 24.5. The molecule has 1 aliphatic rings. The van der Waals surface area contributed by atoms with E-state index in [-0.39, 0.29) is 30.2 Å². The molecule has 0 bridgehead atoms. The zero-order valence-electron chi connectivity index (χ0n) is 20.4. The minimum atomic E-state index is -0.344. The van der Waals surface area contributed by atoms with Crippen LogP contribution in [0.4, 0.5) is 5.69 Å². The van der Waals surface area contributed by atoms with Crippen molar-refractivity contribution in [2.75, 3.05) is 25.1 Å². The first-order valence-corrected chi connectivity index (χ1v) is 11.5. The third-order valence-corrected chi connectivity index (χ3v) is 5.52. The van der Waals surface area contributed by atoms with Crippen molar-refractivity contribution in [1.82, 2.24) is 4.90 Å². The van der Waals surface area contributed by atoms with Crippen molar-refractivity contribution in [1.29, 1.82) is 0 Å². The van der Waals surface area contributed by atoms with E-state index in [4.69, 9.17) is 9.47 Å². The van der Waals surface area contributed by atoms with Gasteiger partial charge >= 0.3 is 0 Å². The van der Waals surface area contributed by atoms with Crippen molar-refractivity contribution in [2.45, 2.75) is 47.6 Å². The Morgan fingerprint density at radius 2 is 1.64 bits per heavy atom. The fourth-order valence-corrected chi connectivity index (χ4v) is 3.54. The fourth-order valence-electron chi connectivity index (χ4n) is 3.54. The van der Waals surface area contributed by atoms with Crippen LogP contribution in [0, 0.1) is 19.8 Å². The third kappa shape index (κ3) is 5.82. The van der Waals surface area contributed by atoms with Crippen LogP contribution in [0.2, 0.25) is 0 Å². The lowest BCUT2D eigenvalue weighted by Gasteiger charge is -2.17. The van der Waals surface area contributed by atoms with E-state index in [1.54, 1.807) is 0 Å². The van der Waals surface area contributed by atoms with E-state index in [2.05, 4.69) is 19.2 Å². The van der Waals surface area contributed by atoms with Crippen molar-refractivity contribution in [3.8, 4) is 5.75 Å². The van der Waals surface area contributed by atoms with Gasteiger partial charge in [-0.25, -0.2) is 0 Å². The second-order valence-corrected chi connectivity index (χ2v) is 9.03. The molecule has 2 amide bonds. The van der Waals surface area contributed by atoms with E-state index in [0.29, 0.717) is 30.3 Å². The number of amides is 2. The topological polar surface area (TPSA) is 67.9 Å². The lowest BCUT2D eigenvalue weighted by atomic mass is 10.0. The molecule has 2 aromatic rings. The molecule has 1 aliphatic heterocycles. The number of rotatable bonds is 10. The van der Waals surface area contributed by atoms with E-state index in [0.717, 1.165) is 22.6 Å². The maximum Gasteiger partial charge on any atom is 0.278 e. The highest BCUT2D eigenvalue weighted by molar-refractivity contribution is 6.36. The SMILES string of the molecule is Cc1cccc(NC2=C(c3ccc(OCC(C)C)cc3)C(=O)N(CCOC(C)C)C2=O)c1C. The van der Waals surface area contributed by atoms with Gasteiger partial charge in [-0.15, -0.1) is 0 Å². The van der Waals surface area contributed by atoms with Crippen LogP contribution in [-0.2, 0) is 14.3 Å². The number of nitrogens with zero attached hydrogens (tertiary/aromatic N) is 1. The summed E-state index contributed by atoms with van der Waals surface area (Å²) in [7, 11) is 0. The number of nitrogens with one attached hydrogen (secondary N) is 1. The maximum absolute atomic E-state index is 13.4. The summed E-state index contributed by atoms with van der Waals surface area (Å²) in [6.07, 6.45) is 0.0242. The van der Waals surface area contributed by atoms with Crippen LogP contribution in [0.3, 0.4) is 0 Å². The van der Waals surface area contributed by atoms with Crippen LogP contribution in [0.5, 0.6) is 5.75 Å². The van der Waals surface area contributed by atoms with Gasteiger partial charge in [0.05, 0.1) is 31.4 Å². The zero-order chi connectivity index (χ0) is 24.1. The Morgan fingerprint density at radius 3 is 2.27 bits per heavy atom.